The summed E-state index contributed by atoms with van der Waals surface area (Å²) in [5.74, 6) is 1.35. The SMILES string of the molecule is COc1ccc(-c2csc3ncnc(Nc4ccc(Cl)cc4C(F)(F)F)c23)cc1OC. The van der Waals surface area contributed by atoms with Gasteiger partial charge in [-0.15, -0.1) is 11.3 Å². The van der Waals surface area contributed by atoms with Gasteiger partial charge in [0.2, 0.25) is 0 Å². The van der Waals surface area contributed by atoms with E-state index in [1.54, 1.807) is 12.1 Å². The Balaban J connectivity index is 1.85. The molecule has 2 aromatic heterocycles. The van der Waals surface area contributed by atoms with E-state index >= 15 is 0 Å². The van der Waals surface area contributed by atoms with Gasteiger partial charge in [0.15, 0.2) is 11.5 Å². The van der Waals surface area contributed by atoms with Crippen molar-refractivity contribution in [1.82, 2.24) is 9.97 Å². The molecule has 0 saturated heterocycles. The Labute approximate surface area is 184 Å². The zero-order valence-electron chi connectivity index (χ0n) is 16.2. The van der Waals surface area contributed by atoms with E-state index in [-0.39, 0.29) is 16.5 Å². The summed E-state index contributed by atoms with van der Waals surface area (Å²) in [5, 5.41) is 5.28. The van der Waals surface area contributed by atoms with Crippen LogP contribution in [0.2, 0.25) is 5.02 Å². The van der Waals surface area contributed by atoms with E-state index < -0.39 is 11.7 Å². The minimum Gasteiger partial charge on any atom is -0.493 e. The number of methoxy groups -OCH3 is 2. The Morgan fingerprint density at radius 1 is 1.00 bits per heavy atom. The Bertz CT molecular complexity index is 1260. The Morgan fingerprint density at radius 2 is 1.77 bits per heavy atom. The van der Waals surface area contributed by atoms with Gasteiger partial charge < -0.3 is 14.8 Å². The smallest absolute Gasteiger partial charge is 0.418 e. The second-order valence-corrected chi connectivity index (χ2v) is 7.73. The van der Waals surface area contributed by atoms with Gasteiger partial charge in [0.1, 0.15) is 17.0 Å². The van der Waals surface area contributed by atoms with Crippen LogP contribution in [0.15, 0.2) is 48.1 Å². The molecule has 4 rings (SSSR count). The summed E-state index contributed by atoms with van der Waals surface area (Å²) in [5.41, 5.74) is 0.511. The van der Waals surface area contributed by atoms with Crippen LogP contribution in [0.5, 0.6) is 11.5 Å². The van der Waals surface area contributed by atoms with Crippen molar-refractivity contribution in [3.05, 3.63) is 58.7 Å². The first kappa shape index (κ1) is 21.2. The molecule has 10 heteroatoms. The predicted octanol–water partition coefficient (Wildman–Crippen LogP) is 6.79. The largest absolute Gasteiger partial charge is 0.493 e. The van der Waals surface area contributed by atoms with E-state index in [2.05, 4.69) is 15.3 Å². The molecule has 0 spiro atoms. The maximum atomic E-state index is 13.5. The van der Waals surface area contributed by atoms with Gasteiger partial charge in [-0.2, -0.15) is 13.2 Å². The van der Waals surface area contributed by atoms with Gasteiger partial charge in [-0.1, -0.05) is 17.7 Å². The van der Waals surface area contributed by atoms with Crippen LogP contribution in [0, 0.1) is 0 Å². The molecular weight excluding hydrogens is 451 g/mol. The number of ether oxygens (including phenoxy) is 2. The molecule has 31 heavy (non-hydrogen) atoms. The zero-order valence-corrected chi connectivity index (χ0v) is 17.8. The topological polar surface area (TPSA) is 56.3 Å². The van der Waals surface area contributed by atoms with Gasteiger partial charge in [-0.25, -0.2) is 9.97 Å². The first-order valence-corrected chi connectivity index (χ1v) is 10.2. The second-order valence-electron chi connectivity index (χ2n) is 6.43. The van der Waals surface area contributed by atoms with E-state index in [1.807, 2.05) is 11.4 Å². The normalized spacial score (nSPS) is 11.5. The Morgan fingerprint density at radius 3 is 2.48 bits per heavy atom. The fraction of sp³-hybridized carbons (Fsp3) is 0.143. The molecule has 0 bridgehead atoms. The maximum absolute atomic E-state index is 13.5. The van der Waals surface area contributed by atoms with E-state index in [4.69, 9.17) is 21.1 Å². The van der Waals surface area contributed by atoms with Gasteiger partial charge in [0, 0.05) is 16.0 Å². The molecule has 160 valence electrons. The van der Waals surface area contributed by atoms with E-state index in [9.17, 15) is 13.2 Å². The average Bonchev–Trinajstić information content (AvgIpc) is 3.19. The van der Waals surface area contributed by atoms with Crippen LogP contribution in [0.4, 0.5) is 24.7 Å². The first-order chi connectivity index (χ1) is 14.8. The number of rotatable bonds is 5. The van der Waals surface area contributed by atoms with Crippen LogP contribution in [-0.4, -0.2) is 24.2 Å². The van der Waals surface area contributed by atoms with Crippen LogP contribution < -0.4 is 14.8 Å². The molecule has 0 atom stereocenters. The van der Waals surface area contributed by atoms with Crippen molar-refractivity contribution in [1.29, 1.82) is 0 Å². The summed E-state index contributed by atoms with van der Waals surface area (Å²) in [6.07, 6.45) is -3.27. The Hall–Kier alpha value is -3.04. The van der Waals surface area contributed by atoms with Crippen molar-refractivity contribution in [2.75, 3.05) is 19.5 Å². The quantitative estimate of drug-likeness (QED) is 0.351. The average molecular weight is 466 g/mol. The minimum atomic E-state index is -4.58. The molecule has 0 amide bonds. The molecule has 0 aliphatic carbocycles. The summed E-state index contributed by atoms with van der Waals surface area (Å²) >= 11 is 7.15. The van der Waals surface area contributed by atoms with Crippen molar-refractivity contribution in [3.8, 4) is 22.6 Å². The summed E-state index contributed by atoms with van der Waals surface area (Å²) < 4.78 is 51.2. The van der Waals surface area contributed by atoms with E-state index in [0.29, 0.717) is 21.7 Å². The molecule has 2 aromatic carbocycles. The number of nitrogens with zero attached hydrogens (tertiary/aromatic N) is 2. The number of alkyl halides is 3. The molecule has 5 nitrogen and oxygen atoms in total. The van der Waals surface area contributed by atoms with Crippen molar-refractivity contribution in [2.24, 2.45) is 0 Å². The third kappa shape index (κ3) is 4.11. The lowest BCUT2D eigenvalue weighted by molar-refractivity contribution is -0.136. The highest BCUT2D eigenvalue weighted by atomic mass is 35.5. The molecule has 0 unspecified atom stereocenters. The maximum Gasteiger partial charge on any atom is 0.418 e. The van der Waals surface area contributed by atoms with E-state index in [1.165, 1.54) is 44.0 Å². The lowest BCUT2D eigenvalue weighted by Crippen LogP contribution is -2.09. The number of aromatic nitrogens is 2. The van der Waals surface area contributed by atoms with Crippen molar-refractivity contribution >= 4 is 44.7 Å². The molecule has 0 aliphatic heterocycles. The summed E-state index contributed by atoms with van der Waals surface area (Å²) in [6, 6.07) is 8.94. The molecular formula is C21H15ClF3N3O2S. The van der Waals surface area contributed by atoms with Crippen LogP contribution in [-0.2, 0) is 6.18 Å². The van der Waals surface area contributed by atoms with Crippen LogP contribution in [0.3, 0.4) is 0 Å². The number of hydrogen-bond donors (Lipinski definition) is 1. The number of anilines is 2. The fourth-order valence-electron chi connectivity index (χ4n) is 3.17. The minimum absolute atomic E-state index is 0.00717. The highest BCUT2D eigenvalue weighted by Gasteiger charge is 2.34. The highest BCUT2D eigenvalue weighted by Crippen LogP contribution is 2.42. The van der Waals surface area contributed by atoms with Gasteiger partial charge >= 0.3 is 6.18 Å². The highest BCUT2D eigenvalue weighted by molar-refractivity contribution is 7.17. The summed E-state index contributed by atoms with van der Waals surface area (Å²) in [6.45, 7) is 0. The van der Waals surface area contributed by atoms with Gasteiger partial charge in [-0.3, -0.25) is 0 Å². The monoisotopic (exact) mass is 465 g/mol. The van der Waals surface area contributed by atoms with Crippen LogP contribution in [0.1, 0.15) is 5.56 Å². The lowest BCUT2D eigenvalue weighted by Gasteiger charge is -2.15. The van der Waals surface area contributed by atoms with Crippen LogP contribution >= 0.6 is 22.9 Å². The number of halogens is 4. The van der Waals surface area contributed by atoms with Crippen molar-refractivity contribution < 1.29 is 22.6 Å². The number of thiophene rings is 1. The van der Waals surface area contributed by atoms with Crippen molar-refractivity contribution in [3.63, 3.8) is 0 Å². The standard InChI is InChI=1S/C21H15ClF3N3O2S/c1-29-16-6-3-11(7-17(16)30-2)13-9-31-20-18(13)19(26-10-27-20)28-15-5-4-12(22)8-14(15)21(23,24)25/h3-10H,1-2H3,(H,26,27,28). The lowest BCUT2D eigenvalue weighted by atomic mass is 10.0. The second kappa shape index (κ2) is 8.24. The molecule has 2 heterocycles. The number of hydrogen-bond acceptors (Lipinski definition) is 6. The number of nitrogens with one attached hydrogen (secondary N) is 1. The summed E-state index contributed by atoms with van der Waals surface area (Å²) in [7, 11) is 3.07. The molecule has 0 aliphatic rings. The fourth-order valence-corrected chi connectivity index (χ4v) is 4.26. The summed E-state index contributed by atoms with van der Waals surface area (Å²) in [4.78, 5) is 9.10. The number of fused-ring (bicyclic) bond motifs is 1. The number of benzene rings is 2. The molecule has 1 N–H and O–H groups in total. The van der Waals surface area contributed by atoms with Gasteiger partial charge in [-0.05, 0) is 35.9 Å². The zero-order chi connectivity index (χ0) is 22.2. The third-order valence-electron chi connectivity index (χ3n) is 4.60. The van der Waals surface area contributed by atoms with Gasteiger partial charge in [0.05, 0.1) is 30.9 Å². The molecule has 0 radical (unpaired) electrons. The molecule has 4 aromatic rings. The van der Waals surface area contributed by atoms with E-state index in [0.717, 1.165) is 17.2 Å². The molecule has 0 saturated carbocycles. The first-order valence-electron chi connectivity index (χ1n) is 8.90. The third-order valence-corrected chi connectivity index (χ3v) is 5.73. The van der Waals surface area contributed by atoms with Gasteiger partial charge in [0.25, 0.3) is 0 Å². The predicted molar refractivity (Wildman–Crippen MR) is 116 cm³/mol. The van der Waals surface area contributed by atoms with Crippen LogP contribution in [0.25, 0.3) is 21.3 Å². The molecule has 0 fully saturated rings. The Kier molecular flexibility index (Phi) is 5.63. The van der Waals surface area contributed by atoms with Crippen molar-refractivity contribution in [2.45, 2.75) is 6.18 Å².